The van der Waals surface area contributed by atoms with Crippen molar-refractivity contribution in [1.82, 2.24) is 0 Å². The second kappa shape index (κ2) is 5.31. The number of rotatable bonds is 2. The first-order valence-corrected chi connectivity index (χ1v) is 7.87. The van der Waals surface area contributed by atoms with Gasteiger partial charge in [-0.2, -0.15) is 13.2 Å². The fraction of sp³-hybridized carbons (Fsp3) is 0.647. The van der Waals surface area contributed by atoms with Gasteiger partial charge in [-0.1, -0.05) is 31.4 Å². The molecule has 1 nitrogen and oxygen atoms in total. The molecule has 2 unspecified atom stereocenters. The summed E-state index contributed by atoms with van der Waals surface area (Å²) in [4.78, 5) is 0. The van der Waals surface area contributed by atoms with Crippen LogP contribution in [0.25, 0.3) is 0 Å². The Balaban J connectivity index is 1.89. The second-order valence-corrected chi connectivity index (χ2v) is 6.64. The monoisotopic (exact) mass is 297 g/mol. The molecule has 0 spiro atoms. The third-order valence-electron chi connectivity index (χ3n) is 5.56. The van der Waals surface area contributed by atoms with Gasteiger partial charge in [-0.05, 0) is 54.7 Å². The standard InChI is InChI=1S/C17H22F3N/c18-17(19,20)13-8-6-12(7-9-13)16(10-3-11-16)14-4-1-2-5-15(14)21/h6-9,14-15H,1-5,10-11,21H2. The van der Waals surface area contributed by atoms with Crippen molar-refractivity contribution in [2.75, 3.05) is 0 Å². The lowest BCUT2D eigenvalue weighted by atomic mass is 9.53. The van der Waals surface area contributed by atoms with Crippen LogP contribution >= 0.6 is 0 Å². The topological polar surface area (TPSA) is 26.0 Å². The largest absolute Gasteiger partial charge is 0.416 e. The van der Waals surface area contributed by atoms with Crippen LogP contribution in [0.2, 0.25) is 0 Å². The lowest BCUT2D eigenvalue weighted by molar-refractivity contribution is -0.137. The van der Waals surface area contributed by atoms with Crippen molar-refractivity contribution in [3.8, 4) is 0 Å². The Kier molecular flexibility index (Phi) is 3.76. The van der Waals surface area contributed by atoms with Gasteiger partial charge in [0.2, 0.25) is 0 Å². The number of nitrogens with two attached hydrogens (primary N) is 1. The maximum atomic E-state index is 12.7. The van der Waals surface area contributed by atoms with Gasteiger partial charge >= 0.3 is 6.18 Å². The molecule has 1 aromatic carbocycles. The summed E-state index contributed by atoms with van der Waals surface area (Å²) >= 11 is 0. The smallest absolute Gasteiger partial charge is 0.327 e. The van der Waals surface area contributed by atoms with Crippen molar-refractivity contribution in [2.24, 2.45) is 11.7 Å². The van der Waals surface area contributed by atoms with Crippen LogP contribution in [0.15, 0.2) is 24.3 Å². The van der Waals surface area contributed by atoms with E-state index in [1.807, 2.05) is 0 Å². The fourth-order valence-corrected chi connectivity index (χ4v) is 4.27. The Morgan fingerprint density at radius 2 is 1.57 bits per heavy atom. The van der Waals surface area contributed by atoms with Crippen LogP contribution < -0.4 is 5.73 Å². The number of benzene rings is 1. The second-order valence-electron chi connectivity index (χ2n) is 6.64. The molecule has 4 heteroatoms. The van der Waals surface area contributed by atoms with E-state index in [1.54, 1.807) is 12.1 Å². The summed E-state index contributed by atoms with van der Waals surface area (Å²) in [6.07, 6.45) is 3.57. The highest BCUT2D eigenvalue weighted by molar-refractivity contribution is 5.34. The molecule has 2 aliphatic rings. The van der Waals surface area contributed by atoms with E-state index in [0.717, 1.165) is 37.7 Å². The van der Waals surface area contributed by atoms with Crippen molar-refractivity contribution in [1.29, 1.82) is 0 Å². The van der Waals surface area contributed by atoms with E-state index >= 15 is 0 Å². The van der Waals surface area contributed by atoms with Crippen LogP contribution in [-0.2, 0) is 11.6 Å². The molecule has 3 rings (SSSR count). The lowest BCUT2D eigenvalue weighted by Gasteiger charge is -2.52. The molecule has 2 fully saturated rings. The summed E-state index contributed by atoms with van der Waals surface area (Å²) in [5.74, 6) is 0.428. The Morgan fingerprint density at radius 1 is 0.952 bits per heavy atom. The van der Waals surface area contributed by atoms with Crippen LogP contribution in [0.3, 0.4) is 0 Å². The van der Waals surface area contributed by atoms with E-state index in [9.17, 15) is 13.2 Å². The average Bonchev–Trinajstić information content (AvgIpc) is 2.39. The molecule has 2 atom stereocenters. The quantitative estimate of drug-likeness (QED) is 0.845. The van der Waals surface area contributed by atoms with E-state index in [-0.39, 0.29) is 11.5 Å². The van der Waals surface area contributed by atoms with E-state index < -0.39 is 11.7 Å². The molecule has 2 saturated carbocycles. The van der Waals surface area contributed by atoms with Gasteiger partial charge in [-0.3, -0.25) is 0 Å². The number of alkyl halides is 3. The highest BCUT2D eigenvalue weighted by atomic mass is 19.4. The van der Waals surface area contributed by atoms with E-state index in [1.165, 1.54) is 25.0 Å². The summed E-state index contributed by atoms with van der Waals surface area (Å²) in [6.45, 7) is 0. The van der Waals surface area contributed by atoms with Gasteiger partial charge in [0.1, 0.15) is 0 Å². The zero-order valence-corrected chi connectivity index (χ0v) is 12.1. The maximum absolute atomic E-state index is 12.7. The molecule has 0 heterocycles. The van der Waals surface area contributed by atoms with Gasteiger partial charge < -0.3 is 5.73 Å². The molecule has 2 aliphatic carbocycles. The van der Waals surface area contributed by atoms with Crippen LogP contribution in [0.1, 0.15) is 56.1 Å². The normalized spacial score (nSPS) is 29.0. The first-order valence-electron chi connectivity index (χ1n) is 7.87. The van der Waals surface area contributed by atoms with Gasteiger partial charge in [0.15, 0.2) is 0 Å². The molecular weight excluding hydrogens is 275 g/mol. The molecule has 0 saturated heterocycles. The van der Waals surface area contributed by atoms with Crippen molar-refractivity contribution in [2.45, 2.75) is 62.6 Å². The Labute approximate surface area is 123 Å². The molecule has 1 aromatic rings. The minimum Gasteiger partial charge on any atom is -0.327 e. The molecule has 0 bridgehead atoms. The molecule has 0 radical (unpaired) electrons. The number of hydrogen-bond acceptors (Lipinski definition) is 1. The molecule has 2 N–H and O–H groups in total. The third-order valence-corrected chi connectivity index (χ3v) is 5.56. The van der Waals surface area contributed by atoms with Crippen LogP contribution in [0.4, 0.5) is 13.2 Å². The highest BCUT2D eigenvalue weighted by Crippen LogP contribution is 2.53. The van der Waals surface area contributed by atoms with E-state index in [0.29, 0.717) is 5.92 Å². The number of hydrogen-bond donors (Lipinski definition) is 1. The summed E-state index contributed by atoms with van der Waals surface area (Å²) in [7, 11) is 0. The van der Waals surface area contributed by atoms with E-state index in [4.69, 9.17) is 5.73 Å². The summed E-state index contributed by atoms with van der Waals surface area (Å²) in [5, 5.41) is 0. The Hall–Kier alpha value is -1.03. The molecule has 116 valence electrons. The first kappa shape index (κ1) is 14.9. The van der Waals surface area contributed by atoms with Crippen LogP contribution in [-0.4, -0.2) is 6.04 Å². The third kappa shape index (κ3) is 2.59. The zero-order valence-electron chi connectivity index (χ0n) is 12.1. The summed E-state index contributed by atoms with van der Waals surface area (Å²) in [6, 6.07) is 6.02. The Bertz CT molecular complexity index is 488. The zero-order chi connectivity index (χ0) is 15.1. The predicted octanol–water partition coefficient (Wildman–Crippen LogP) is 4.64. The average molecular weight is 297 g/mol. The minimum absolute atomic E-state index is 0.0317. The molecule has 0 aliphatic heterocycles. The SMILES string of the molecule is NC1CCCCC1C1(c2ccc(C(F)(F)F)cc2)CCC1. The van der Waals surface area contributed by atoms with Crippen LogP contribution in [0.5, 0.6) is 0 Å². The number of halogens is 3. The highest BCUT2D eigenvalue weighted by Gasteiger charge is 2.48. The fourth-order valence-electron chi connectivity index (χ4n) is 4.27. The van der Waals surface area contributed by atoms with Crippen molar-refractivity contribution < 1.29 is 13.2 Å². The van der Waals surface area contributed by atoms with Gasteiger partial charge in [0.05, 0.1) is 5.56 Å². The molecule has 0 aromatic heterocycles. The molecule has 21 heavy (non-hydrogen) atoms. The van der Waals surface area contributed by atoms with E-state index in [2.05, 4.69) is 0 Å². The lowest BCUT2D eigenvalue weighted by Crippen LogP contribution is -2.51. The Morgan fingerprint density at radius 3 is 2.05 bits per heavy atom. The van der Waals surface area contributed by atoms with Gasteiger partial charge in [-0.15, -0.1) is 0 Å². The van der Waals surface area contributed by atoms with Crippen LogP contribution in [0, 0.1) is 5.92 Å². The summed E-state index contributed by atoms with van der Waals surface area (Å²) in [5.41, 5.74) is 6.86. The first-order chi connectivity index (χ1) is 9.93. The maximum Gasteiger partial charge on any atom is 0.416 e. The van der Waals surface area contributed by atoms with Gasteiger partial charge in [0, 0.05) is 6.04 Å². The van der Waals surface area contributed by atoms with Crippen molar-refractivity contribution >= 4 is 0 Å². The van der Waals surface area contributed by atoms with Gasteiger partial charge in [0.25, 0.3) is 0 Å². The minimum atomic E-state index is -4.26. The van der Waals surface area contributed by atoms with Gasteiger partial charge in [-0.25, -0.2) is 0 Å². The summed E-state index contributed by atoms with van der Waals surface area (Å²) < 4.78 is 38.1. The molecule has 0 amide bonds. The van der Waals surface area contributed by atoms with Crippen molar-refractivity contribution in [3.63, 3.8) is 0 Å². The predicted molar refractivity (Wildman–Crippen MR) is 76.9 cm³/mol. The molecular formula is C17H22F3N. The van der Waals surface area contributed by atoms with Crippen molar-refractivity contribution in [3.05, 3.63) is 35.4 Å².